The second-order valence-corrected chi connectivity index (χ2v) is 12.9. The molecule has 220 valence electrons. The summed E-state index contributed by atoms with van der Waals surface area (Å²) in [5, 5.41) is 8.29. The molecule has 0 atom stereocenters. The minimum absolute atomic E-state index is 0.0221. The van der Waals surface area contributed by atoms with E-state index >= 15 is 0 Å². The highest BCUT2D eigenvalue weighted by Gasteiger charge is 2.35. The normalized spacial score (nSPS) is 14.0. The van der Waals surface area contributed by atoms with Crippen molar-refractivity contribution < 1.29 is 4.74 Å². The predicted octanol–water partition coefficient (Wildman–Crippen LogP) is 11.5. The summed E-state index contributed by atoms with van der Waals surface area (Å²) in [6.45, 7) is 5.40. The summed E-state index contributed by atoms with van der Waals surface area (Å²) in [7, 11) is 0. The fourth-order valence-corrected chi connectivity index (χ4v) is 7.72. The Morgan fingerprint density at radius 2 is 1.26 bits per heavy atom. The van der Waals surface area contributed by atoms with Crippen LogP contribution in [0, 0.1) is 0 Å². The average Bonchev–Trinajstić information content (AvgIpc) is 3.34. The van der Waals surface area contributed by atoms with Crippen LogP contribution in [0.5, 0.6) is 11.5 Å². The Kier molecular flexibility index (Phi) is 5.95. The molecule has 2 aliphatic rings. The molecule has 0 saturated heterocycles. The quantitative estimate of drug-likeness (QED) is 0.220. The zero-order valence-corrected chi connectivity index (χ0v) is 26.0. The summed E-state index contributed by atoms with van der Waals surface area (Å²) in [6, 6.07) is 48.2. The van der Waals surface area contributed by atoms with Crippen LogP contribution in [0.15, 0.2) is 140 Å². The van der Waals surface area contributed by atoms with Gasteiger partial charge in [0.05, 0.1) is 0 Å². The molecule has 2 nitrogen and oxygen atoms in total. The average molecular weight is 592 g/mol. The number of rotatable bonds is 4. The topological polar surface area (TPSA) is 21.3 Å². The number of nitrogens with one attached hydrogen (secondary N) is 1. The van der Waals surface area contributed by atoms with Gasteiger partial charge in [0.15, 0.2) is 0 Å². The summed E-state index contributed by atoms with van der Waals surface area (Å²) in [5.41, 5.74) is 12.8. The second kappa shape index (κ2) is 10.2. The van der Waals surface area contributed by atoms with Crippen LogP contribution in [0.25, 0.3) is 61.0 Å². The van der Waals surface area contributed by atoms with Gasteiger partial charge < -0.3 is 10.1 Å². The third kappa shape index (κ3) is 4.03. The summed E-state index contributed by atoms with van der Waals surface area (Å²) in [6.07, 6.45) is 4.20. The second-order valence-electron chi connectivity index (χ2n) is 12.9. The molecule has 0 unspecified atom stereocenters. The molecular weight excluding hydrogens is 558 g/mol. The van der Waals surface area contributed by atoms with Gasteiger partial charge in [0, 0.05) is 22.9 Å². The Bertz CT molecular complexity index is 2360. The molecular formula is C44H33NO. The van der Waals surface area contributed by atoms with Gasteiger partial charge in [0.25, 0.3) is 0 Å². The molecule has 1 N–H and O–H groups in total. The van der Waals surface area contributed by atoms with Gasteiger partial charge in [-0.3, -0.25) is 0 Å². The summed E-state index contributed by atoms with van der Waals surface area (Å²) >= 11 is 0. The van der Waals surface area contributed by atoms with Crippen molar-refractivity contribution in [2.24, 2.45) is 0 Å². The van der Waals surface area contributed by atoms with E-state index in [0.717, 1.165) is 29.0 Å². The first-order valence-corrected chi connectivity index (χ1v) is 16.1. The van der Waals surface area contributed by atoms with Crippen LogP contribution in [-0.2, 0) is 12.0 Å². The van der Waals surface area contributed by atoms with Crippen molar-refractivity contribution in [3.63, 3.8) is 0 Å². The molecule has 9 rings (SSSR count). The molecule has 46 heavy (non-hydrogen) atoms. The molecule has 7 aromatic rings. The van der Waals surface area contributed by atoms with E-state index in [0.29, 0.717) is 0 Å². The zero-order chi connectivity index (χ0) is 30.8. The van der Waals surface area contributed by atoms with Gasteiger partial charge in [-0.05, 0) is 96.7 Å². The van der Waals surface area contributed by atoms with E-state index in [4.69, 9.17) is 4.74 Å². The molecule has 2 heteroatoms. The summed E-state index contributed by atoms with van der Waals surface area (Å²) in [4.78, 5) is 0. The van der Waals surface area contributed by atoms with E-state index in [1.54, 1.807) is 0 Å². The molecule has 1 aliphatic carbocycles. The highest BCUT2D eigenvalue weighted by atomic mass is 16.5. The van der Waals surface area contributed by atoms with Crippen molar-refractivity contribution >= 4 is 27.6 Å². The van der Waals surface area contributed by atoms with Crippen molar-refractivity contribution in [1.29, 1.82) is 0 Å². The van der Waals surface area contributed by atoms with Crippen LogP contribution < -0.4 is 10.1 Å². The Labute approximate surface area is 269 Å². The SMILES string of the molecule is CC1(C)c2ccccc2-c2ccc(-c3ccc(Oc4c5c(c(-c6cccc7ccccc67)c6ccccc46)CNC=C5)cc3)cc21. The molecule has 7 aromatic carbocycles. The lowest BCUT2D eigenvalue weighted by molar-refractivity contribution is 0.486. The standard InChI is InChI=1S/C44H33NO/c1-44(2)40-17-8-7-13-33(40)34-23-20-30(26-41(34)44)28-18-21-31(22-19-28)46-43-37-15-6-5-14-36(37)42(39-27-45-25-24-38(39)43)35-16-9-11-29-10-3-4-12-32(29)35/h3-26,45H,27H2,1-2H3. The number of hydrogen-bond donors (Lipinski definition) is 1. The van der Waals surface area contributed by atoms with Gasteiger partial charge in [-0.2, -0.15) is 0 Å². The lowest BCUT2D eigenvalue weighted by Gasteiger charge is -2.24. The Morgan fingerprint density at radius 3 is 2.13 bits per heavy atom. The Balaban J connectivity index is 1.12. The largest absolute Gasteiger partial charge is 0.456 e. The van der Waals surface area contributed by atoms with Crippen LogP contribution in [0.1, 0.15) is 36.1 Å². The molecule has 0 spiro atoms. The number of benzene rings is 7. The van der Waals surface area contributed by atoms with E-state index in [1.807, 2.05) is 6.20 Å². The van der Waals surface area contributed by atoms with Crippen LogP contribution in [-0.4, -0.2) is 0 Å². The van der Waals surface area contributed by atoms with Crippen LogP contribution >= 0.6 is 0 Å². The summed E-state index contributed by atoms with van der Waals surface area (Å²) in [5.74, 6) is 1.73. The number of fused-ring (bicyclic) bond motifs is 6. The maximum atomic E-state index is 6.83. The minimum atomic E-state index is -0.0221. The summed E-state index contributed by atoms with van der Waals surface area (Å²) < 4.78 is 6.83. The molecule has 0 amide bonds. The zero-order valence-electron chi connectivity index (χ0n) is 26.0. The van der Waals surface area contributed by atoms with Crippen molar-refractivity contribution in [2.75, 3.05) is 0 Å². The van der Waals surface area contributed by atoms with Gasteiger partial charge in [-0.25, -0.2) is 0 Å². The Hall–Kier alpha value is -5.60. The van der Waals surface area contributed by atoms with Gasteiger partial charge in [-0.15, -0.1) is 0 Å². The Morgan fingerprint density at radius 1 is 0.587 bits per heavy atom. The fourth-order valence-electron chi connectivity index (χ4n) is 7.72. The predicted molar refractivity (Wildman–Crippen MR) is 192 cm³/mol. The van der Waals surface area contributed by atoms with Gasteiger partial charge in [0.1, 0.15) is 11.5 Å². The number of hydrogen-bond acceptors (Lipinski definition) is 2. The van der Waals surface area contributed by atoms with E-state index < -0.39 is 0 Å². The molecule has 0 saturated carbocycles. The van der Waals surface area contributed by atoms with Crippen molar-refractivity contribution in [3.8, 4) is 44.9 Å². The van der Waals surface area contributed by atoms with Gasteiger partial charge in [0.2, 0.25) is 0 Å². The van der Waals surface area contributed by atoms with Crippen LogP contribution in [0.4, 0.5) is 0 Å². The molecule has 0 fully saturated rings. The van der Waals surface area contributed by atoms with Gasteiger partial charge >= 0.3 is 0 Å². The highest BCUT2D eigenvalue weighted by molar-refractivity contribution is 6.10. The highest BCUT2D eigenvalue weighted by Crippen LogP contribution is 2.50. The lowest BCUT2D eigenvalue weighted by Crippen LogP contribution is -2.14. The fraction of sp³-hybridized carbons (Fsp3) is 0.0909. The monoisotopic (exact) mass is 591 g/mol. The van der Waals surface area contributed by atoms with Crippen molar-refractivity contribution in [3.05, 3.63) is 162 Å². The first-order valence-electron chi connectivity index (χ1n) is 16.1. The third-order valence-electron chi connectivity index (χ3n) is 10.0. The first-order chi connectivity index (χ1) is 22.6. The van der Waals surface area contributed by atoms with E-state index in [2.05, 4.69) is 159 Å². The third-order valence-corrected chi connectivity index (χ3v) is 10.0. The molecule has 0 bridgehead atoms. The maximum absolute atomic E-state index is 6.83. The van der Waals surface area contributed by atoms with Gasteiger partial charge in [-0.1, -0.05) is 129 Å². The molecule has 0 aromatic heterocycles. The van der Waals surface area contributed by atoms with E-state index in [9.17, 15) is 0 Å². The smallest absolute Gasteiger partial charge is 0.142 e. The molecule has 1 aliphatic heterocycles. The van der Waals surface area contributed by atoms with Crippen molar-refractivity contribution in [1.82, 2.24) is 5.32 Å². The maximum Gasteiger partial charge on any atom is 0.142 e. The van der Waals surface area contributed by atoms with Crippen LogP contribution in [0.3, 0.4) is 0 Å². The first kappa shape index (κ1) is 26.8. The lowest BCUT2D eigenvalue weighted by atomic mass is 9.81. The van der Waals surface area contributed by atoms with Crippen molar-refractivity contribution in [2.45, 2.75) is 25.8 Å². The van der Waals surface area contributed by atoms with E-state index in [1.165, 1.54) is 66.2 Å². The minimum Gasteiger partial charge on any atom is -0.456 e. The van der Waals surface area contributed by atoms with E-state index in [-0.39, 0.29) is 5.41 Å². The number of ether oxygens (including phenoxy) is 1. The molecule has 0 radical (unpaired) electrons. The van der Waals surface area contributed by atoms with Crippen LogP contribution in [0.2, 0.25) is 0 Å². The molecule has 1 heterocycles.